The van der Waals surface area contributed by atoms with Crippen molar-refractivity contribution in [3.05, 3.63) is 64.9 Å². The molecule has 1 aliphatic rings. The van der Waals surface area contributed by atoms with Crippen LogP contribution in [0, 0.1) is 11.6 Å². The molecule has 31 heavy (non-hydrogen) atoms. The fourth-order valence-electron chi connectivity index (χ4n) is 4.03. The molecule has 1 unspecified atom stereocenters. The fourth-order valence-corrected chi connectivity index (χ4v) is 4.03. The maximum absolute atomic E-state index is 14.1. The first kappa shape index (κ1) is 23.0. The Labute approximate surface area is 186 Å². The third-order valence-corrected chi connectivity index (χ3v) is 5.60. The Morgan fingerprint density at radius 2 is 2.06 bits per heavy atom. The van der Waals surface area contributed by atoms with Gasteiger partial charge in [-0.05, 0) is 68.1 Å². The molecule has 3 aromatic rings. The smallest absolute Gasteiger partial charge is 0.251 e. The van der Waals surface area contributed by atoms with Gasteiger partial charge in [0.05, 0.1) is 0 Å². The van der Waals surface area contributed by atoms with E-state index in [-0.39, 0.29) is 35.9 Å². The molecule has 1 amide bonds. The monoisotopic (exact) mass is 449 g/mol. The molecule has 0 fully saturated rings. The number of fused-ring (bicyclic) bond motifs is 2. The van der Waals surface area contributed by atoms with Gasteiger partial charge in [-0.1, -0.05) is 0 Å². The van der Waals surface area contributed by atoms with Gasteiger partial charge in [-0.15, -0.1) is 12.4 Å². The molecule has 166 valence electrons. The number of aromatic nitrogens is 1. The van der Waals surface area contributed by atoms with Crippen molar-refractivity contribution in [2.75, 3.05) is 20.2 Å². The van der Waals surface area contributed by atoms with Crippen LogP contribution < -0.4 is 15.4 Å². The lowest BCUT2D eigenvalue weighted by atomic mass is 9.96. The quantitative estimate of drug-likeness (QED) is 0.475. The minimum atomic E-state index is -0.439. The van der Waals surface area contributed by atoms with Crippen LogP contribution in [0.1, 0.15) is 34.3 Å². The maximum Gasteiger partial charge on any atom is 0.251 e. The summed E-state index contributed by atoms with van der Waals surface area (Å²) >= 11 is 0. The van der Waals surface area contributed by atoms with Crippen LogP contribution in [0.2, 0.25) is 0 Å². The van der Waals surface area contributed by atoms with Crippen LogP contribution in [-0.2, 0) is 12.8 Å². The molecule has 3 N–H and O–H groups in total. The summed E-state index contributed by atoms with van der Waals surface area (Å²) < 4.78 is 33.2. The van der Waals surface area contributed by atoms with Crippen LogP contribution in [0.4, 0.5) is 8.78 Å². The molecule has 0 saturated carbocycles. The van der Waals surface area contributed by atoms with E-state index in [0.717, 1.165) is 42.3 Å². The predicted molar refractivity (Wildman–Crippen MR) is 119 cm³/mol. The zero-order chi connectivity index (χ0) is 21.1. The van der Waals surface area contributed by atoms with Gasteiger partial charge >= 0.3 is 0 Å². The van der Waals surface area contributed by atoms with Crippen LogP contribution >= 0.6 is 12.4 Å². The molecule has 1 aromatic heterocycles. The van der Waals surface area contributed by atoms with Crippen molar-refractivity contribution in [1.82, 2.24) is 15.6 Å². The SMILES string of the molecule is CNC(=O)c1ccc(F)c2c1CC(NCCCCc1c[nH]c3ccc(F)cc13)CO2.Cl. The summed E-state index contributed by atoms with van der Waals surface area (Å²) in [5.41, 5.74) is 3.12. The fraction of sp³-hybridized carbons (Fsp3) is 0.348. The first-order chi connectivity index (χ1) is 14.6. The summed E-state index contributed by atoms with van der Waals surface area (Å²) in [6.45, 7) is 1.15. The second kappa shape index (κ2) is 10.1. The van der Waals surface area contributed by atoms with Gasteiger partial charge in [0.25, 0.3) is 5.91 Å². The van der Waals surface area contributed by atoms with Gasteiger partial charge in [-0.2, -0.15) is 0 Å². The van der Waals surface area contributed by atoms with Gasteiger partial charge in [-0.3, -0.25) is 4.79 Å². The Balaban J connectivity index is 0.00000272. The third-order valence-electron chi connectivity index (χ3n) is 5.60. The third kappa shape index (κ3) is 4.99. The molecular weight excluding hydrogens is 424 g/mol. The van der Waals surface area contributed by atoms with E-state index < -0.39 is 5.82 Å². The van der Waals surface area contributed by atoms with E-state index in [9.17, 15) is 13.6 Å². The lowest BCUT2D eigenvalue weighted by molar-refractivity contribution is 0.0960. The Bertz CT molecular complexity index is 1070. The number of ether oxygens (including phenoxy) is 1. The molecule has 2 heterocycles. The molecule has 2 aromatic carbocycles. The largest absolute Gasteiger partial charge is 0.489 e. The number of H-pyrrole nitrogens is 1. The number of hydrogen-bond acceptors (Lipinski definition) is 3. The predicted octanol–water partition coefficient (Wildman–Crippen LogP) is 4.14. The van der Waals surface area contributed by atoms with Crippen LogP contribution in [0.3, 0.4) is 0 Å². The average Bonchev–Trinajstić information content (AvgIpc) is 3.15. The summed E-state index contributed by atoms with van der Waals surface area (Å²) in [4.78, 5) is 15.3. The summed E-state index contributed by atoms with van der Waals surface area (Å²) in [5.74, 6) is -0.729. The molecular formula is C23H26ClF2N3O2. The molecule has 1 atom stereocenters. The molecule has 5 nitrogen and oxygen atoms in total. The van der Waals surface area contributed by atoms with Crippen molar-refractivity contribution in [3.63, 3.8) is 0 Å². The molecule has 0 bridgehead atoms. The Kier molecular flexibility index (Phi) is 7.51. The number of amides is 1. The minimum absolute atomic E-state index is 0. The van der Waals surface area contributed by atoms with Crippen molar-refractivity contribution in [2.45, 2.75) is 31.7 Å². The Morgan fingerprint density at radius 1 is 1.23 bits per heavy atom. The van der Waals surface area contributed by atoms with E-state index in [2.05, 4.69) is 15.6 Å². The molecule has 1 aliphatic heterocycles. The number of carbonyl (C=O) groups excluding carboxylic acids is 1. The minimum Gasteiger partial charge on any atom is -0.489 e. The van der Waals surface area contributed by atoms with Crippen molar-refractivity contribution in [1.29, 1.82) is 0 Å². The van der Waals surface area contributed by atoms with E-state index >= 15 is 0 Å². The highest BCUT2D eigenvalue weighted by molar-refractivity contribution is 5.96. The Hall–Kier alpha value is -2.64. The van der Waals surface area contributed by atoms with Crippen molar-refractivity contribution in [3.8, 4) is 5.75 Å². The Morgan fingerprint density at radius 3 is 2.87 bits per heavy atom. The number of aryl methyl sites for hydroxylation is 1. The number of aromatic amines is 1. The van der Waals surface area contributed by atoms with Crippen LogP contribution in [0.5, 0.6) is 5.75 Å². The number of hydrogen-bond donors (Lipinski definition) is 3. The van der Waals surface area contributed by atoms with Gasteiger partial charge in [-0.25, -0.2) is 8.78 Å². The number of unbranched alkanes of at least 4 members (excludes halogenated alkanes) is 1. The zero-order valence-electron chi connectivity index (χ0n) is 17.3. The van der Waals surface area contributed by atoms with Gasteiger partial charge in [0.15, 0.2) is 11.6 Å². The van der Waals surface area contributed by atoms with E-state index in [1.807, 2.05) is 6.20 Å². The molecule has 0 aliphatic carbocycles. The standard InChI is InChI=1S/C23H25F2N3O2.ClH/c1-26-23(29)17-6-7-20(25)22-19(17)11-16(13-30-22)27-9-3-2-4-14-12-28-21-8-5-15(24)10-18(14)21;/h5-8,10,12,16,27-28H,2-4,9,11,13H2,1H3,(H,26,29);1H. The maximum atomic E-state index is 14.1. The second-order valence-corrected chi connectivity index (χ2v) is 7.61. The molecule has 0 spiro atoms. The summed E-state index contributed by atoms with van der Waals surface area (Å²) in [6.07, 6.45) is 5.24. The van der Waals surface area contributed by atoms with Crippen LogP contribution in [0.15, 0.2) is 36.5 Å². The lowest BCUT2D eigenvalue weighted by Crippen LogP contribution is -2.41. The molecule has 4 rings (SSSR count). The van der Waals surface area contributed by atoms with Gasteiger partial charge in [0, 0.05) is 41.3 Å². The number of rotatable bonds is 7. The highest BCUT2D eigenvalue weighted by Crippen LogP contribution is 2.31. The molecule has 0 radical (unpaired) electrons. The highest BCUT2D eigenvalue weighted by Gasteiger charge is 2.26. The van der Waals surface area contributed by atoms with E-state index in [0.29, 0.717) is 24.2 Å². The van der Waals surface area contributed by atoms with Gasteiger partial charge in [0.2, 0.25) is 0 Å². The second-order valence-electron chi connectivity index (χ2n) is 7.61. The average molecular weight is 450 g/mol. The van der Waals surface area contributed by atoms with E-state index in [1.54, 1.807) is 19.2 Å². The van der Waals surface area contributed by atoms with E-state index in [1.165, 1.54) is 18.2 Å². The van der Waals surface area contributed by atoms with E-state index in [4.69, 9.17) is 4.74 Å². The zero-order valence-corrected chi connectivity index (χ0v) is 18.1. The van der Waals surface area contributed by atoms with Gasteiger partial charge in [0.1, 0.15) is 12.4 Å². The normalized spacial score (nSPS) is 15.1. The summed E-state index contributed by atoms with van der Waals surface area (Å²) in [6, 6.07) is 7.57. The lowest BCUT2D eigenvalue weighted by Gasteiger charge is -2.28. The van der Waals surface area contributed by atoms with Crippen molar-refractivity contribution >= 4 is 29.2 Å². The van der Waals surface area contributed by atoms with Gasteiger partial charge < -0.3 is 20.4 Å². The van der Waals surface area contributed by atoms with Crippen molar-refractivity contribution in [2.24, 2.45) is 0 Å². The summed E-state index contributed by atoms with van der Waals surface area (Å²) in [7, 11) is 1.56. The summed E-state index contributed by atoms with van der Waals surface area (Å²) in [5, 5.41) is 6.97. The topological polar surface area (TPSA) is 66.2 Å². The number of halogens is 3. The molecule has 8 heteroatoms. The molecule has 0 saturated heterocycles. The number of carbonyl (C=O) groups is 1. The van der Waals surface area contributed by atoms with Crippen LogP contribution in [-0.4, -0.2) is 37.1 Å². The first-order valence-electron chi connectivity index (χ1n) is 10.2. The van der Waals surface area contributed by atoms with Crippen LogP contribution in [0.25, 0.3) is 10.9 Å². The number of nitrogens with one attached hydrogen (secondary N) is 3. The van der Waals surface area contributed by atoms with Crippen molar-refractivity contribution < 1.29 is 18.3 Å². The number of benzene rings is 2. The highest BCUT2D eigenvalue weighted by atomic mass is 35.5. The first-order valence-corrected chi connectivity index (χ1v) is 10.2.